The number of methoxy groups -OCH3 is 1. The van der Waals surface area contributed by atoms with E-state index < -0.39 is 23.5 Å². The van der Waals surface area contributed by atoms with Crippen molar-refractivity contribution in [2.45, 2.75) is 0 Å². The summed E-state index contributed by atoms with van der Waals surface area (Å²) in [6, 6.07) is 14.4. The Morgan fingerprint density at radius 2 is 1.74 bits per heavy atom. The Morgan fingerprint density at radius 1 is 0.971 bits per heavy atom. The van der Waals surface area contributed by atoms with Crippen molar-refractivity contribution in [3.8, 4) is 5.75 Å². The summed E-state index contributed by atoms with van der Waals surface area (Å²) >= 11 is 17.9. The molecule has 1 heterocycles. The van der Waals surface area contributed by atoms with Crippen molar-refractivity contribution in [2.24, 2.45) is 0 Å². The van der Waals surface area contributed by atoms with Gasteiger partial charge in [-0.15, -0.1) is 0 Å². The van der Waals surface area contributed by atoms with Crippen LogP contribution < -0.4 is 20.3 Å². The molecule has 0 aromatic heterocycles. The van der Waals surface area contributed by atoms with E-state index in [9.17, 15) is 18.8 Å². The molecule has 2 N–H and O–H groups in total. The zero-order valence-corrected chi connectivity index (χ0v) is 20.1. The molecule has 3 aromatic carbocycles. The Labute approximate surface area is 214 Å². The van der Waals surface area contributed by atoms with Gasteiger partial charge < -0.3 is 15.4 Å². The van der Waals surface area contributed by atoms with Gasteiger partial charge in [-0.3, -0.25) is 14.4 Å². The average molecular weight is 535 g/mol. The SMILES string of the molecule is COc1ccc(Cl)cc1NC(=O)c1cccc(NC2=C(Cl)C(=O)N(c3ccc(F)c(Cl)c3)C2=O)c1. The molecular formula is C24H15Cl3FN3O4. The second-order valence-electron chi connectivity index (χ2n) is 7.24. The number of nitrogens with zero attached hydrogens (tertiary/aromatic N) is 1. The van der Waals surface area contributed by atoms with Gasteiger partial charge in [0.15, 0.2) is 0 Å². The van der Waals surface area contributed by atoms with Gasteiger partial charge in [0.2, 0.25) is 0 Å². The van der Waals surface area contributed by atoms with E-state index in [2.05, 4.69) is 10.6 Å². The molecule has 3 amide bonds. The highest BCUT2D eigenvalue weighted by Crippen LogP contribution is 2.32. The minimum Gasteiger partial charge on any atom is -0.495 e. The zero-order chi connectivity index (χ0) is 25.3. The smallest absolute Gasteiger partial charge is 0.283 e. The standard InChI is InChI=1S/C24H15Cl3FN3O4/c1-35-19-8-5-13(25)10-18(19)30-22(32)12-3-2-4-14(9-12)29-21-20(27)23(33)31(24(21)34)15-6-7-17(28)16(26)11-15/h2-11,29H,1H3,(H,30,32). The molecule has 35 heavy (non-hydrogen) atoms. The van der Waals surface area contributed by atoms with Crippen molar-refractivity contribution < 1.29 is 23.5 Å². The van der Waals surface area contributed by atoms with Gasteiger partial charge >= 0.3 is 0 Å². The molecule has 1 aliphatic heterocycles. The van der Waals surface area contributed by atoms with Crippen LogP contribution in [0.2, 0.25) is 10.0 Å². The molecule has 4 rings (SSSR count). The molecule has 0 saturated carbocycles. The van der Waals surface area contributed by atoms with Gasteiger partial charge in [-0.1, -0.05) is 40.9 Å². The Morgan fingerprint density at radius 3 is 2.46 bits per heavy atom. The zero-order valence-electron chi connectivity index (χ0n) is 17.9. The molecule has 0 fully saturated rings. The summed E-state index contributed by atoms with van der Waals surface area (Å²) in [6.45, 7) is 0. The van der Waals surface area contributed by atoms with Gasteiger partial charge in [-0.05, 0) is 54.6 Å². The second-order valence-corrected chi connectivity index (χ2v) is 8.46. The van der Waals surface area contributed by atoms with Crippen molar-refractivity contribution in [1.29, 1.82) is 0 Å². The fraction of sp³-hybridized carbons (Fsp3) is 0.0417. The monoisotopic (exact) mass is 533 g/mol. The van der Waals surface area contributed by atoms with Crippen LogP contribution >= 0.6 is 34.8 Å². The van der Waals surface area contributed by atoms with Crippen molar-refractivity contribution in [1.82, 2.24) is 0 Å². The number of amides is 3. The Balaban J connectivity index is 1.56. The summed E-state index contributed by atoms with van der Waals surface area (Å²) in [5, 5.41) is 5.30. The number of hydrogen-bond acceptors (Lipinski definition) is 5. The fourth-order valence-corrected chi connectivity index (χ4v) is 3.88. The Hall–Kier alpha value is -3.59. The molecular weight excluding hydrogens is 520 g/mol. The lowest BCUT2D eigenvalue weighted by molar-refractivity contribution is -0.120. The predicted molar refractivity (Wildman–Crippen MR) is 133 cm³/mol. The maximum absolute atomic E-state index is 13.5. The van der Waals surface area contributed by atoms with E-state index in [1.807, 2.05) is 0 Å². The maximum Gasteiger partial charge on any atom is 0.283 e. The molecule has 178 valence electrons. The molecule has 7 nitrogen and oxygen atoms in total. The van der Waals surface area contributed by atoms with Crippen LogP contribution in [0.25, 0.3) is 0 Å². The van der Waals surface area contributed by atoms with Crippen molar-refractivity contribution >= 4 is 69.6 Å². The highest BCUT2D eigenvalue weighted by Gasteiger charge is 2.39. The molecule has 11 heteroatoms. The number of ether oxygens (including phenoxy) is 1. The first-order valence-corrected chi connectivity index (χ1v) is 11.1. The third-order valence-corrected chi connectivity index (χ3v) is 5.87. The van der Waals surface area contributed by atoms with Crippen LogP contribution in [0.3, 0.4) is 0 Å². The van der Waals surface area contributed by atoms with Crippen LogP contribution in [-0.2, 0) is 9.59 Å². The first-order valence-electron chi connectivity index (χ1n) is 9.95. The summed E-state index contributed by atoms with van der Waals surface area (Å²) in [5.74, 6) is -2.31. The molecule has 0 saturated heterocycles. The molecule has 0 spiro atoms. The summed E-state index contributed by atoms with van der Waals surface area (Å²) < 4.78 is 18.7. The normalized spacial score (nSPS) is 13.3. The van der Waals surface area contributed by atoms with Crippen LogP contribution in [0.15, 0.2) is 71.4 Å². The number of hydrogen-bond donors (Lipinski definition) is 2. The summed E-state index contributed by atoms with van der Waals surface area (Å²) in [7, 11) is 1.46. The number of carbonyl (C=O) groups excluding carboxylic acids is 3. The molecule has 0 radical (unpaired) electrons. The number of rotatable bonds is 6. The van der Waals surface area contributed by atoms with E-state index in [4.69, 9.17) is 39.5 Å². The minimum atomic E-state index is -0.802. The Kier molecular flexibility index (Phi) is 6.98. The number of halogens is 4. The number of benzene rings is 3. The van der Waals surface area contributed by atoms with Gasteiger partial charge in [0.1, 0.15) is 22.3 Å². The number of anilines is 3. The van der Waals surface area contributed by atoms with Gasteiger partial charge in [-0.2, -0.15) is 0 Å². The number of carbonyl (C=O) groups is 3. The summed E-state index contributed by atoms with van der Waals surface area (Å²) in [6.07, 6.45) is 0. The summed E-state index contributed by atoms with van der Waals surface area (Å²) in [5.41, 5.74) is 0.798. The number of imide groups is 1. The first kappa shape index (κ1) is 24.5. The topological polar surface area (TPSA) is 87.7 Å². The van der Waals surface area contributed by atoms with Gasteiger partial charge in [-0.25, -0.2) is 9.29 Å². The first-order chi connectivity index (χ1) is 16.7. The van der Waals surface area contributed by atoms with Crippen LogP contribution in [0.1, 0.15) is 10.4 Å². The second kappa shape index (κ2) is 9.95. The van der Waals surface area contributed by atoms with E-state index in [1.54, 1.807) is 36.4 Å². The van der Waals surface area contributed by atoms with Crippen LogP contribution in [-0.4, -0.2) is 24.8 Å². The molecule has 0 unspecified atom stereocenters. The minimum absolute atomic E-state index is 0.0601. The van der Waals surface area contributed by atoms with Gasteiger partial charge in [0.25, 0.3) is 17.7 Å². The lowest BCUT2D eigenvalue weighted by Crippen LogP contribution is -2.32. The molecule has 3 aromatic rings. The summed E-state index contributed by atoms with van der Waals surface area (Å²) in [4.78, 5) is 39.2. The van der Waals surface area contributed by atoms with Crippen molar-refractivity contribution in [3.63, 3.8) is 0 Å². The van der Waals surface area contributed by atoms with E-state index in [-0.39, 0.29) is 27.0 Å². The van der Waals surface area contributed by atoms with E-state index in [0.29, 0.717) is 22.1 Å². The van der Waals surface area contributed by atoms with E-state index >= 15 is 0 Å². The quantitative estimate of drug-likeness (QED) is 0.389. The van der Waals surface area contributed by atoms with E-state index in [1.165, 1.54) is 19.2 Å². The third-order valence-electron chi connectivity index (χ3n) is 4.99. The van der Waals surface area contributed by atoms with E-state index in [0.717, 1.165) is 17.0 Å². The largest absolute Gasteiger partial charge is 0.495 e. The average Bonchev–Trinajstić information content (AvgIpc) is 3.04. The highest BCUT2D eigenvalue weighted by atomic mass is 35.5. The van der Waals surface area contributed by atoms with Crippen LogP contribution in [0.4, 0.5) is 21.5 Å². The molecule has 1 aliphatic rings. The molecule has 0 bridgehead atoms. The predicted octanol–water partition coefficient (Wildman–Crippen LogP) is 5.83. The highest BCUT2D eigenvalue weighted by molar-refractivity contribution is 6.53. The maximum atomic E-state index is 13.5. The Bertz CT molecular complexity index is 1410. The molecule has 0 atom stereocenters. The third kappa shape index (κ3) is 4.95. The lowest BCUT2D eigenvalue weighted by Gasteiger charge is -2.15. The number of nitrogens with one attached hydrogen (secondary N) is 2. The van der Waals surface area contributed by atoms with Gasteiger partial charge in [0.05, 0.1) is 23.5 Å². The van der Waals surface area contributed by atoms with Crippen LogP contribution in [0, 0.1) is 5.82 Å². The van der Waals surface area contributed by atoms with Gasteiger partial charge in [0, 0.05) is 16.3 Å². The van der Waals surface area contributed by atoms with Crippen molar-refractivity contribution in [3.05, 3.63) is 92.8 Å². The fourth-order valence-electron chi connectivity index (χ4n) is 3.32. The molecule has 0 aliphatic carbocycles. The lowest BCUT2D eigenvalue weighted by atomic mass is 10.1. The van der Waals surface area contributed by atoms with Crippen molar-refractivity contribution in [2.75, 3.05) is 22.6 Å². The van der Waals surface area contributed by atoms with Crippen LogP contribution in [0.5, 0.6) is 5.75 Å².